The highest BCUT2D eigenvalue weighted by molar-refractivity contribution is 5.75. The first-order chi connectivity index (χ1) is 8.61. The van der Waals surface area contributed by atoms with Crippen molar-refractivity contribution in [1.29, 1.82) is 0 Å². The van der Waals surface area contributed by atoms with Gasteiger partial charge in [-0.2, -0.15) is 0 Å². The maximum atomic E-state index is 12.2. The van der Waals surface area contributed by atoms with E-state index in [1.807, 2.05) is 24.8 Å². The van der Waals surface area contributed by atoms with E-state index >= 15 is 0 Å². The Hall–Kier alpha value is -1.52. The number of rotatable bonds is 3. The molecule has 0 aromatic carbocycles. The molecule has 1 aromatic rings. The molecule has 0 unspecified atom stereocenters. The number of aromatic nitrogens is 1. The summed E-state index contributed by atoms with van der Waals surface area (Å²) in [5, 5.41) is 7.04. The Kier molecular flexibility index (Phi) is 3.89. The lowest BCUT2D eigenvalue weighted by atomic mass is 10.1. The van der Waals surface area contributed by atoms with Gasteiger partial charge < -0.3 is 14.7 Å². The van der Waals surface area contributed by atoms with E-state index in [1.165, 1.54) is 0 Å². The van der Waals surface area contributed by atoms with E-state index in [1.54, 1.807) is 0 Å². The molecule has 100 valence electrons. The van der Waals surface area contributed by atoms with Crippen LogP contribution in [0.1, 0.15) is 50.6 Å². The number of aryl methyl sites for hydroxylation is 1. The Morgan fingerprint density at radius 2 is 2.50 bits per heavy atom. The van der Waals surface area contributed by atoms with E-state index in [0.717, 1.165) is 37.3 Å². The second-order valence-corrected chi connectivity index (χ2v) is 4.97. The fraction of sp³-hybridized carbons (Fsp3) is 0.692. The van der Waals surface area contributed by atoms with Gasteiger partial charge in [-0.05, 0) is 33.1 Å². The lowest BCUT2D eigenvalue weighted by molar-refractivity contribution is 0.187. The highest BCUT2D eigenvalue weighted by Crippen LogP contribution is 2.31. The molecule has 1 fully saturated rings. The van der Waals surface area contributed by atoms with Gasteiger partial charge in [0.1, 0.15) is 11.5 Å². The Morgan fingerprint density at radius 1 is 1.72 bits per heavy atom. The average Bonchev–Trinajstić information content (AvgIpc) is 2.96. The molecule has 0 bridgehead atoms. The highest BCUT2D eigenvalue weighted by Gasteiger charge is 2.32. The van der Waals surface area contributed by atoms with Crippen LogP contribution in [-0.2, 0) is 0 Å². The number of amides is 2. The van der Waals surface area contributed by atoms with Gasteiger partial charge in [0.05, 0.1) is 6.04 Å². The number of nitrogens with one attached hydrogen (secondary N) is 1. The number of nitrogens with zero attached hydrogens (tertiary/aromatic N) is 2. The quantitative estimate of drug-likeness (QED) is 0.898. The molecule has 2 heterocycles. The summed E-state index contributed by atoms with van der Waals surface area (Å²) in [6.07, 6.45) is 2.91. The van der Waals surface area contributed by atoms with Gasteiger partial charge in [-0.3, -0.25) is 0 Å². The first kappa shape index (κ1) is 12.9. The minimum Gasteiger partial charge on any atom is -0.361 e. The number of likely N-dealkylation sites (tertiary alicyclic amines) is 1. The predicted molar refractivity (Wildman–Crippen MR) is 68.2 cm³/mol. The van der Waals surface area contributed by atoms with Crippen LogP contribution in [0.25, 0.3) is 0 Å². The van der Waals surface area contributed by atoms with Gasteiger partial charge in [0.2, 0.25) is 0 Å². The van der Waals surface area contributed by atoms with Gasteiger partial charge in [-0.1, -0.05) is 12.1 Å². The summed E-state index contributed by atoms with van der Waals surface area (Å²) < 4.78 is 5.10. The number of hydrogen-bond acceptors (Lipinski definition) is 3. The fourth-order valence-electron chi connectivity index (χ4n) is 2.26. The third-order valence-corrected chi connectivity index (χ3v) is 3.48. The number of carbonyl (C=O) groups excluding carboxylic acids is 1. The normalized spacial score (nSPS) is 21.1. The number of urea groups is 1. The molecule has 1 aliphatic rings. The van der Waals surface area contributed by atoms with E-state index in [4.69, 9.17) is 4.52 Å². The minimum absolute atomic E-state index is 0.00695. The van der Waals surface area contributed by atoms with Crippen molar-refractivity contribution in [2.45, 2.75) is 52.1 Å². The van der Waals surface area contributed by atoms with Crippen molar-refractivity contribution >= 4 is 6.03 Å². The molecule has 0 spiro atoms. The van der Waals surface area contributed by atoms with Crippen LogP contribution in [0, 0.1) is 6.92 Å². The van der Waals surface area contributed by atoms with Crippen LogP contribution in [0.3, 0.4) is 0 Å². The van der Waals surface area contributed by atoms with E-state index in [2.05, 4.69) is 17.4 Å². The van der Waals surface area contributed by atoms with Crippen molar-refractivity contribution in [3.05, 3.63) is 17.5 Å². The van der Waals surface area contributed by atoms with Crippen LogP contribution in [0.4, 0.5) is 4.79 Å². The highest BCUT2D eigenvalue weighted by atomic mass is 16.5. The van der Waals surface area contributed by atoms with Crippen LogP contribution in [0.5, 0.6) is 0 Å². The molecule has 0 aliphatic carbocycles. The zero-order valence-corrected chi connectivity index (χ0v) is 11.3. The smallest absolute Gasteiger partial charge is 0.318 e. The summed E-state index contributed by atoms with van der Waals surface area (Å²) in [4.78, 5) is 14.0. The second-order valence-electron chi connectivity index (χ2n) is 4.97. The molecule has 1 N–H and O–H groups in total. The molecule has 0 saturated carbocycles. The first-order valence-corrected chi connectivity index (χ1v) is 6.62. The van der Waals surface area contributed by atoms with Crippen LogP contribution in [0.2, 0.25) is 0 Å². The van der Waals surface area contributed by atoms with Crippen LogP contribution in [0.15, 0.2) is 10.6 Å². The van der Waals surface area contributed by atoms with Crippen molar-refractivity contribution in [2.75, 3.05) is 6.54 Å². The topological polar surface area (TPSA) is 58.4 Å². The zero-order chi connectivity index (χ0) is 13.1. The Balaban J connectivity index is 2.05. The largest absolute Gasteiger partial charge is 0.361 e. The summed E-state index contributed by atoms with van der Waals surface area (Å²) >= 11 is 0. The zero-order valence-electron chi connectivity index (χ0n) is 11.3. The van der Waals surface area contributed by atoms with Gasteiger partial charge >= 0.3 is 6.03 Å². The molecule has 5 heteroatoms. The fourth-order valence-corrected chi connectivity index (χ4v) is 2.26. The number of hydrogen-bond donors (Lipinski definition) is 1. The minimum atomic E-state index is 0.00695. The van der Waals surface area contributed by atoms with Gasteiger partial charge in [0, 0.05) is 18.7 Å². The lowest BCUT2D eigenvalue weighted by Gasteiger charge is -2.25. The third-order valence-electron chi connectivity index (χ3n) is 3.48. The Bertz CT molecular complexity index is 416. The molecule has 18 heavy (non-hydrogen) atoms. The summed E-state index contributed by atoms with van der Waals surface area (Å²) in [5.74, 6) is 0.791. The third kappa shape index (κ3) is 2.66. The monoisotopic (exact) mass is 251 g/mol. The maximum Gasteiger partial charge on any atom is 0.318 e. The van der Waals surface area contributed by atoms with Crippen molar-refractivity contribution in [2.24, 2.45) is 0 Å². The van der Waals surface area contributed by atoms with E-state index in [-0.39, 0.29) is 18.1 Å². The molecule has 0 radical (unpaired) electrons. The van der Waals surface area contributed by atoms with Gasteiger partial charge in [0.25, 0.3) is 0 Å². The summed E-state index contributed by atoms with van der Waals surface area (Å²) in [7, 11) is 0. The van der Waals surface area contributed by atoms with E-state index < -0.39 is 0 Å². The van der Waals surface area contributed by atoms with Crippen molar-refractivity contribution in [3.8, 4) is 0 Å². The molecule has 2 rings (SSSR count). The molecule has 1 aromatic heterocycles. The Labute approximate surface area is 108 Å². The van der Waals surface area contributed by atoms with Crippen molar-refractivity contribution < 1.29 is 9.32 Å². The Morgan fingerprint density at radius 3 is 3.11 bits per heavy atom. The predicted octanol–water partition coefficient (Wildman–Crippen LogP) is 2.63. The molecule has 5 nitrogen and oxygen atoms in total. The molecule has 1 saturated heterocycles. The molecule has 1 aliphatic heterocycles. The number of carbonyl (C=O) groups is 1. The summed E-state index contributed by atoms with van der Waals surface area (Å²) in [6, 6.07) is 2.19. The van der Waals surface area contributed by atoms with E-state index in [0.29, 0.717) is 0 Å². The van der Waals surface area contributed by atoms with Crippen molar-refractivity contribution in [1.82, 2.24) is 15.4 Å². The molecule has 2 atom stereocenters. The van der Waals surface area contributed by atoms with Gasteiger partial charge in [-0.15, -0.1) is 0 Å². The summed E-state index contributed by atoms with van der Waals surface area (Å²) in [5.41, 5.74) is 0.865. The molecular formula is C13H21N3O2. The van der Waals surface area contributed by atoms with Gasteiger partial charge in [0.15, 0.2) is 0 Å². The van der Waals surface area contributed by atoms with Crippen LogP contribution < -0.4 is 5.32 Å². The average molecular weight is 251 g/mol. The SMILES string of the molecule is CC[C@H](C)NC(=O)N1CCC[C@@H]1c1cc(C)on1. The van der Waals surface area contributed by atoms with E-state index in [9.17, 15) is 4.79 Å². The standard InChI is InChI=1S/C13H21N3O2/c1-4-9(2)14-13(17)16-7-5-6-12(16)11-8-10(3)18-15-11/h8-9,12H,4-7H2,1-3H3,(H,14,17)/t9-,12+/m0/s1. The second kappa shape index (κ2) is 5.42. The lowest BCUT2D eigenvalue weighted by Crippen LogP contribution is -2.43. The van der Waals surface area contributed by atoms with Gasteiger partial charge in [-0.25, -0.2) is 4.79 Å². The molecular weight excluding hydrogens is 230 g/mol. The maximum absolute atomic E-state index is 12.2. The van der Waals surface area contributed by atoms with Crippen molar-refractivity contribution in [3.63, 3.8) is 0 Å². The van der Waals surface area contributed by atoms with Crippen LogP contribution >= 0.6 is 0 Å². The van der Waals surface area contributed by atoms with Crippen LogP contribution in [-0.4, -0.2) is 28.7 Å². The summed E-state index contributed by atoms with van der Waals surface area (Å²) in [6.45, 7) is 6.74. The first-order valence-electron chi connectivity index (χ1n) is 6.62. The molecule has 2 amide bonds.